The fraction of sp³-hybridized carbons (Fsp3) is 0.250. The first-order valence-electron chi connectivity index (χ1n) is 4.52. The van der Waals surface area contributed by atoms with Crippen molar-refractivity contribution in [3.8, 4) is 0 Å². The van der Waals surface area contributed by atoms with Gasteiger partial charge in [-0.2, -0.15) is 18.6 Å². The maximum absolute atomic E-state index is 11.9. The lowest BCUT2D eigenvalue weighted by atomic mass is 10.5. The van der Waals surface area contributed by atoms with Crippen LogP contribution in [-0.4, -0.2) is 28.4 Å². The van der Waals surface area contributed by atoms with E-state index in [-0.39, 0.29) is 10.8 Å². The van der Waals surface area contributed by atoms with E-state index in [1.165, 1.54) is 16.9 Å². The summed E-state index contributed by atoms with van der Waals surface area (Å²) in [6, 6.07) is 3.02. The lowest BCUT2D eigenvalue weighted by Gasteiger charge is -2.04. The molecule has 16 heavy (non-hydrogen) atoms. The molecular weight excluding hydrogens is 230 g/mol. The van der Waals surface area contributed by atoms with E-state index >= 15 is 0 Å². The number of aromatic nitrogens is 4. The van der Waals surface area contributed by atoms with Gasteiger partial charge in [-0.05, 0) is 13.0 Å². The SMILES string of the molecule is Cc1cc(NS(=O)(=O)c2ccnn2C)n[nH]1. The number of rotatable bonds is 3. The van der Waals surface area contributed by atoms with Gasteiger partial charge in [0.05, 0.1) is 6.20 Å². The topological polar surface area (TPSA) is 92.7 Å². The summed E-state index contributed by atoms with van der Waals surface area (Å²) in [7, 11) is -2.06. The van der Waals surface area contributed by atoms with Gasteiger partial charge in [0.1, 0.15) is 0 Å². The summed E-state index contributed by atoms with van der Waals surface area (Å²) in [5, 5.41) is 10.3. The average molecular weight is 241 g/mol. The van der Waals surface area contributed by atoms with Gasteiger partial charge in [-0.25, -0.2) is 0 Å². The highest BCUT2D eigenvalue weighted by molar-refractivity contribution is 7.92. The predicted molar refractivity (Wildman–Crippen MR) is 57.3 cm³/mol. The smallest absolute Gasteiger partial charge is 0.280 e. The molecule has 0 radical (unpaired) electrons. The number of sulfonamides is 1. The summed E-state index contributed by atoms with van der Waals surface area (Å²) in [6.07, 6.45) is 1.42. The molecule has 2 heterocycles. The first-order chi connectivity index (χ1) is 7.49. The Morgan fingerprint density at radius 2 is 2.25 bits per heavy atom. The molecule has 0 aromatic carbocycles. The first kappa shape index (κ1) is 10.7. The van der Waals surface area contributed by atoms with Gasteiger partial charge in [-0.1, -0.05) is 0 Å². The Morgan fingerprint density at radius 1 is 1.50 bits per heavy atom. The Bertz CT molecular complexity index is 597. The molecule has 0 atom stereocenters. The maximum atomic E-state index is 11.9. The van der Waals surface area contributed by atoms with Crippen molar-refractivity contribution in [3.05, 3.63) is 24.0 Å². The van der Waals surface area contributed by atoms with Crippen LogP contribution >= 0.6 is 0 Å². The lowest BCUT2D eigenvalue weighted by Crippen LogP contribution is -2.16. The summed E-state index contributed by atoms with van der Waals surface area (Å²) >= 11 is 0. The number of anilines is 1. The van der Waals surface area contributed by atoms with Crippen molar-refractivity contribution >= 4 is 15.8 Å². The van der Waals surface area contributed by atoms with Gasteiger partial charge in [0.25, 0.3) is 10.0 Å². The van der Waals surface area contributed by atoms with E-state index in [9.17, 15) is 8.42 Å². The molecule has 0 aliphatic carbocycles. The maximum Gasteiger partial charge on any atom is 0.280 e. The number of H-pyrrole nitrogens is 1. The van der Waals surface area contributed by atoms with E-state index in [4.69, 9.17) is 0 Å². The van der Waals surface area contributed by atoms with E-state index in [1.54, 1.807) is 20.0 Å². The van der Waals surface area contributed by atoms with Gasteiger partial charge in [0.2, 0.25) is 0 Å². The Kier molecular flexibility index (Phi) is 2.43. The van der Waals surface area contributed by atoms with Crippen LogP contribution in [0.4, 0.5) is 5.82 Å². The zero-order valence-electron chi connectivity index (χ0n) is 8.80. The zero-order valence-corrected chi connectivity index (χ0v) is 9.61. The molecule has 0 unspecified atom stereocenters. The summed E-state index contributed by atoms with van der Waals surface area (Å²) in [6.45, 7) is 1.79. The summed E-state index contributed by atoms with van der Waals surface area (Å²) in [5.41, 5.74) is 0.780. The third kappa shape index (κ3) is 1.91. The van der Waals surface area contributed by atoms with Crippen LogP contribution in [0.2, 0.25) is 0 Å². The van der Waals surface area contributed by atoms with Crippen LogP contribution in [0.25, 0.3) is 0 Å². The molecule has 0 fully saturated rings. The molecule has 86 valence electrons. The molecule has 2 N–H and O–H groups in total. The van der Waals surface area contributed by atoms with Crippen LogP contribution in [-0.2, 0) is 17.1 Å². The lowest BCUT2D eigenvalue weighted by molar-refractivity contribution is 0.582. The number of nitrogens with one attached hydrogen (secondary N) is 2. The summed E-state index contributed by atoms with van der Waals surface area (Å²) in [4.78, 5) is 0. The highest BCUT2D eigenvalue weighted by Gasteiger charge is 2.18. The average Bonchev–Trinajstić information content (AvgIpc) is 2.74. The molecule has 0 aliphatic heterocycles. The molecule has 2 aromatic rings. The molecule has 0 spiro atoms. The van der Waals surface area contributed by atoms with Crippen LogP contribution in [0.1, 0.15) is 5.69 Å². The van der Waals surface area contributed by atoms with Crippen LogP contribution < -0.4 is 4.72 Å². The largest absolute Gasteiger partial charge is 0.281 e. The molecule has 0 amide bonds. The molecule has 2 aromatic heterocycles. The minimum atomic E-state index is -3.62. The van der Waals surface area contributed by atoms with Crippen LogP contribution in [0.3, 0.4) is 0 Å². The van der Waals surface area contributed by atoms with Gasteiger partial charge in [-0.3, -0.25) is 14.5 Å². The molecule has 0 saturated carbocycles. The summed E-state index contributed by atoms with van der Waals surface area (Å²) in [5.74, 6) is 0.263. The Morgan fingerprint density at radius 3 is 2.75 bits per heavy atom. The summed E-state index contributed by atoms with van der Waals surface area (Å²) < 4.78 is 27.4. The van der Waals surface area contributed by atoms with Crippen LogP contribution in [0.5, 0.6) is 0 Å². The van der Waals surface area contributed by atoms with Gasteiger partial charge >= 0.3 is 0 Å². The van der Waals surface area contributed by atoms with E-state index < -0.39 is 10.0 Å². The van der Waals surface area contributed by atoms with Crippen molar-refractivity contribution in [3.63, 3.8) is 0 Å². The highest BCUT2D eigenvalue weighted by atomic mass is 32.2. The van der Waals surface area contributed by atoms with Gasteiger partial charge in [0.15, 0.2) is 10.8 Å². The van der Waals surface area contributed by atoms with Crippen molar-refractivity contribution in [2.45, 2.75) is 11.9 Å². The number of nitrogens with zero attached hydrogens (tertiary/aromatic N) is 3. The van der Waals surface area contributed by atoms with Gasteiger partial charge in [0, 0.05) is 18.8 Å². The molecule has 2 rings (SSSR count). The molecule has 0 saturated heterocycles. The molecule has 7 nitrogen and oxygen atoms in total. The van der Waals surface area contributed by atoms with E-state index in [0.717, 1.165) is 5.69 Å². The van der Waals surface area contributed by atoms with Crippen molar-refractivity contribution in [1.82, 2.24) is 20.0 Å². The number of aromatic amines is 1. The number of aryl methyl sites for hydroxylation is 2. The molecule has 0 bridgehead atoms. The van der Waals surface area contributed by atoms with E-state index in [1.807, 2.05) is 0 Å². The van der Waals surface area contributed by atoms with Crippen molar-refractivity contribution in [2.75, 3.05) is 4.72 Å². The van der Waals surface area contributed by atoms with Crippen LogP contribution in [0.15, 0.2) is 23.4 Å². The first-order valence-corrected chi connectivity index (χ1v) is 6.00. The fourth-order valence-electron chi connectivity index (χ4n) is 1.29. The third-order valence-electron chi connectivity index (χ3n) is 2.00. The Balaban J connectivity index is 2.31. The monoisotopic (exact) mass is 241 g/mol. The normalized spacial score (nSPS) is 11.6. The van der Waals surface area contributed by atoms with E-state index in [2.05, 4.69) is 20.0 Å². The van der Waals surface area contributed by atoms with Crippen molar-refractivity contribution < 1.29 is 8.42 Å². The minimum absolute atomic E-state index is 0.0909. The Labute approximate surface area is 92.5 Å². The highest BCUT2D eigenvalue weighted by Crippen LogP contribution is 2.13. The minimum Gasteiger partial charge on any atom is -0.281 e. The number of hydrogen-bond donors (Lipinski definition) is 2. The third-order valence-corrected chi connectivity index (χ3v) is 3.42. The number of hydrogen-bond acceptors (Lipinski definition) is 4. The Hall–Kier alpha value is -1.83. The van der Waals surface area contributed by atoms with Crippen molar-refractivity contribution in [1.29, 1.82) is 0 Å². The fourth-order valence-corrected chi connectivity index (χ4v) is 2.41. The van der Waals surface area contributed by atoms with Gasteiger partial charge in [-0.15, -0.1) is 0 Å². The second-order valence-corrected chi connectivity index (χ2v) is 4.96. The van der Waals surface area contributed by atoms with E-state index in [0.29, 0.717) is 0 Å². The standard InChI is InChI=1S/C8H11N5O2S/c1-6-5-7(11-10-6)12-16(14,15)8-3-4-9-13(8)2/h3-5H,1-2H3,(H2,10,11,12). The van der Waals surface area contributed by atoms with Gasteiger partial charge < -0.3 is 0 Å². The zero-order chi connectivity index (χ0) is 11.8. The quantitative estimate of drug-likeness (QED) is 0.805. The second kappa shape index (κ2) is 3.63. The van der Waals surface area contributed by atoms with Crippen LogP contribution in [0, 0.1) is 6.92 Å². The second-order valence-electron chi connectivity index (χ2n) is 3.33. The molecule has 8 heteroatoms. The molecular formula is C8H11N5O2S. The van der Waals surface area contributed by atoms with Crippen molar-refractivity contribution in [2.24, 2.45) is 7.05 Å². The molecule has 0 aliphatic rings. The predicted octanol–water partition coefficient (Wildman–Crippen LogP) is 0.252.